The zero-order valence-corrected chi connectivity index (χ0v) is 17.0. The van der Waals surface area contributed by atoms with Crippen LogP contribution in [0.4, 0.5) is 0 Å². The van der Waals surface area contributed by atoms with Gasteiger partial charge in [-0.3, -0.25) is 4.99 Å². The second-order valence-corrected chi connectivity index (χ2v) is 7.71. The predicted octanol–water partition coefficient (Wildman–Crippen LogP) is 2.47. The molecule has 27 heavy (non-hydrogen) atoms. The third kappa shape index (κ3) is 5.70. The summed E-state index contributed by atoms with van der Waals surface area (Å²) in [5.41, 5.74) is 3.35. The lowest BCUT2D eigenvalue weighted by molar-refractivity contribution is 0.191. The van der Waals surface area contributed by atoms with E-state index in [1.54, 1.807) is 0 Å². The molecule has 0 saturated carbocycles. The maximum atomic E-state index is 4.72. The van der Waals surface area contributed by atoms with Gasteiger partial charge in [-0.25, -0.2) is 4.98 Å². The molecule has 0 bridgehead atoms. The Hall–Kier alpha value is -2.08. The molecule has 2 N–H and O–H groups in total. The number of aryl methyl sites for hydroxylation is 1. The van der Waals surface area contributed by atoms with E-state index in [4.69, 9.17) is 4.98 Å². The number of guanidine groups is 1. The van der Waals surface area contributed by atoms with E-state index >= 15 is 0 Å². The van der Waals surface area contributed by atoms with Crippen LogP contribution < -0.4 is 10.6 Å². The van der Waals surface area contributed by atoms with E-state index in [0.717, 1.165) is 49.1 Å². The molecule has 1 saturated heterocycles. The smallest absolute Gasteiger partial charge is 0.190 e. The number of piperidine rings is 1. The molecule has 148 valence electrons. The van der Waals surface area contributed by atoms with Gasteiger partial charge in [-0.15, -0.1) is 0 Å². The Morgan fingerprint density at radius 2 is 2.04 bits per heavy atom. The average Bonchev–Trinajstić information content (AvgIpc) is 3.09. The van der Waals surface area contributed by atoms with E-state index in [2.05, 4.69) is 63.3 Å². The molecule has 0 radical (unpaired) electrons. The number of nitrogens with zero attached hydrogens (tertiary/aromatic N) is 4. The molecule has 0 spiro atoms. The maximum Gasteiger partial charge on any atom is 0.190 e. The summed E-state index contributed by atoms with van der Waals surface area (Å²) >= 11 is 0. The fraction of sp³-hybridized carbons (Fsp3) is 0.619. The molecule has 1 aliphatic heterocycles. The van der Waals surface area contributed by atoms with Gasteiger partial charge >= 0.3 is 0 Å². The molecular weight excluding hydrogens is 336 g/mol. The van der Waals surface area contributed by atoms with Gasteiger partial charge in [-0.05, 0) is 63.4 Å². The molecular formula is C21H34N6. The predicted molar refractivity (Wildman–Crippen MR) is 112 cm³/mol. The Labute approximate surface area is 163 Å². The van der Waals surface area contributed by atoms with Crippen molar-refractivity contribution in [3.8, 4) is 0 Å². The molecule has 2 aromatic rings. The SMILES string of the molecule is CN=C(NCCCN1CCC(C)CC1)NCCc1cn2cccc(C)c2n1. The quantitative estimate of drug-likeness (QED) is 0.447. The number of hydrogen-bond donors (Lipinski definition) is 2. The number of pyridine rings is 1. The standard InChI is InChI=1S/C21H34N6/c1-17-8-14-26(15-9-17)12-5-10-23-21(22-3)24-11-7-19-16-27-13-4-6-18(2)20(27)25-19/h4,6,13,16-17H,5,7-12,14-15H2,1-3H3,(H2,22,23,24). The van der Waals surface area contributed by atoms with Gasteiger partial charge in [0.25, 0.3) is 0 Å². The van der Waals surface area contributed by atoms with Crippen molar-refractivity contribution in [1.29, 1.82) is 0 Å². The molecule has 1 aliphatic rings. The summed E-state index contributed by atoms with van der Waals surface area (Å²) in [5, 5.41) is 6.82. The van der Waals surface area contributed by atoms with E-state index in [0.29, 0.717) is 0 Å². The Morgan fingerprint density at radius 3 is 2.78 bits per heavy atom. The summed E-state index contributed by atoms with van der Waals surface area (Å²) in [6, 6.07) is 4.16. The minimum absolute atomic E-state index is 0.826. The van der Waals surface area contributed by atoms with Gasteiger partial charge in [-0.2, -0.15) is 0 Å². The molecule has 0 amide bonds. The molecule has 6 nitrogen and oxygen atoms in total. The highest BCUT2D eigenvalue weighted by Gasteiger charge is 2.14. The van der Waals surface area contributed by atoms with E-state index in [9.17, 15) is 0 Å². The van der Waals surface area contributed by atoms with Crippen LogP contribution in [0.25, 0.3) is 5.65 Å². The summed E-state index contributed by atoms with van der Waals surface area (Å²) in [6.07, 6.45) is 8.89. The molecule has 3 rings (SSSR count). The van der Waals surface area contributed by atoms with Crippen molar-refractivity contribution < 1.29 is 0 Å². The highest BCUT2D eigenvalue weighted by molar-refractivity contribution is 5.79. The Kier molecular flexibility index (Phi) is 7.10. The Balaban J connectivity index is 1.34. The summed E-state index contributed by atoms with van der Waals surface area (Å²) in [6.45, 7) is 9.94. The molecule has 1 fully saturated rings. The lowest BCUT2D eigenvalue weighted by Crippen LogP contribution is -2.40. The largest absolute Gasteiger partial charge is 0.356 e. The fourth-order valence-electron chi connectivity index (χ4n) is 3.65. The van der Waals surface area contributed by atoms with Crippen LogP contribution in [0.1, 0.15) is 37.4 Å². The maximum absolute atomic E-state index is 4.72. The van der Waals surface area contributed by atoms with E-state index in [1.807, 2.05) is 7.05 Å². The van der Waals surface area contributed by atoms with Crippen molar-refractivity contribution in [2.45, 2.75) is 39.5 Å². The summed E-state index contributed by atoms with van der Waals surface area (Å²) in [4.78, 5) is 11.6. The minimum Gasteiger partial charge on any atom is -0.356 e. The van der Waals surface area contributed by atoms with Gasteiger partial charge in [0.1, 0.15) is 5.65 Å². The number of hydrogen-bond acceptors (Lipinski definition) is 3. The summed E-state index contributed by atoms with van der Waals surface area (Å²) < 4.78 is 2.10. The van der Waals surface area contributed by atoms with Gasteiger partial charge in [0.2, 0.25) is 0 Å². The van der Waals surface area contributed by atoms with Gasteiger partial charge < -0.3 is 19.9 Å². The van der Waals surface area contributed by atoms with Crippen LogP contribution in [0, 0.1) is 12.8 Å². The van der Waals surface area contributed by atoms with Crippen LogP contribution in [-0.4, -0.2) is 60.0 Å². The Morgan fingerprint density at radius 1 is 1.26 bits per heavy atom. The number of aromatic nitrogens is 2. The second kappa shape index (κ2) is 9.74. The Bertz CT molecular complexity index is 742. The monoisotopic (exact) mass is 370 g/mol. The van der Waals surface area contributed by atoms with Crippen molar-refractivity contribution in [2.24, 2.45) is 10.9 Å². The number of likely N-dealkylation sites (tertiary alicyclic amines) is 1. The van der Waals surface area contributed by atoms with E-state index in [-0.39, 0.29) is 0 Å². The van der Waals surface area contributed by atoms with Crippen LogP contribution in [0.5, 0.6) is 0 Å². The van der Waals surface area contributed by atoms with Crippen molar-refractivity contribution in [3.63, 3.8) is 0 Å². The van der Waals surface area contributed by atoms with Gasteiger partial charge in [0.05, 0.1) is 5.69 Å². The first kappa shape index (κ1) is 19.7. The van der Waals surface area contributed by atoms with Crippen LogP contribution in [-0.2, 0) is 6.42 Å². The lowest BCUT2D eigenvalue weighted by atomic mass is 9.99. The van der Waals surface area contributed by atoms with Gasteiger partial charge in [0.15, 0.2) is 5.96 Å². The van der Waals surface area contributed by atoms with Crippen LogP contribution in [0.2, 0.25) is 0 Å². The summed E-state index contributed by atoms with van der Waals surface area (Å²) in [7, 11) is 1.83. The first-order valence-electron chi connectivity index (χ1n) is 10.3. The van der Waals surface area contributed by atoms with Crippen molar-refractivity contribution in [3.05, 3.63) is 35.8 Å². The zero-order chi connectivity index (χ0) is 19.1. The van der Waals surface area contributed by atoms with E-state index in [1.165, 1.54) is 38.0 Å². The fourth-order valence-corrected chi connectivity index (χ4v) is 3.65. The molecule has 0 aromatic carbocycles. The number of rotatable bonds is 7. The third-order valence-corrected chi connectivity index (χ3v) is 5.44. The average molecular weight is 371 g/mol. The molecule has 0 unspecified atom stereocenters. The molecule has 2 aromatic heterocycles. The molecule has 0 aliphatic carbocycles. The number of imidazole rings is 1. The summed E-state index contributed by atoms with van der Waals surface area (Å²) in [5.74, 6) is 1.78. The highest BCUT2D eigenvalue weighted by atomic mass is 15.2. The third-order valence-electron chi connectivity index (χ3n) is 5.44. The number of nitrogens with one attached hydrogen (secondary N) is 2. The minimum atomic E-state index is 0.826. The van der Waals surface area contributed by atoms with E-state index < -0.39 is 0 Å². The first-order valence-corrected chi connectivity index (χ1v) is 10.3. The molecule has 6 heteroatoms. The topological polar surface area (TPSA) is 57.0 Å². The van der Waals surface area contributed by atoms with Crippen molar-refractivity contribution in [1.82, 2.24) is 24.9 Å². The van der Waals surface area contributed by atoms with Gasteiger partial charge in [-0.1, -0.05) is 13.0 Å². The van der Waals surface area contributed by atoms with Crippen LogP contribution >= 0.6 is 0 Å². The number of aliphatic imine (C=N–C) groups is 1. The highest BCUT2D eigenvalue weighted by Crippen LogP contribution is 2.15. The normalized spacial score (nSPS) is 16.8. The van der Waals surface area contributed by atoms with Crippen molar-refractivity contribution >= 4 is 11.6 Å². The molecule has 0 atom stereocenters. The number of fused-ring (bicyclic) bond motifs is 1. The van der Waals surface area contributed by atoms with Gasteiger partial charge in [0, 0.05) is 39.0 Å². The lowest BCUT2D eigenvalue weighted by Gasteiger charge is -2.30. The first-order chi connectivity index (χ1) is 13.2. The van der Waals surface area contributed by atoms with Crippen LogP contribution in [0.15, 0.2) is 29.5 Å². The van der Waals surface area contributed by atoms with Crippen molar-refractivity contribution in [2.75, 3.05) is 39.8 Å². The zero-order valence-electron chi connectivity index (χ0n) is 17.0. The van der Waals surface area contributed by atoms with Crippen LogP contribution in [0.3, 0.4) is 0 Å². The molecule has 3 heterocycles. The second-order valence-electron chi connectivity index (χ2n) is 7.71.